The van der Waals surface area contributed by atoms with Crippen molar-refractivity contribution in [1.82, 2.24) is 0 Å². The lowest BCUT2D eigenvalue weighted by molar-refractivity contribution is -0.142. The van der Waals surface area contributed by atoms with Crippen LogP contribution in [0, 0.1) is 19.8 Å². The number of phenols is 1. The third kappa shape index (κ3) is 3.11. The molecule has 0 radical (unpaired) electrons. The van der Waals surface area contributed by atoms with Crippen molar-refractivity contribution in [2.45, 2.75) is 52.4 Å². The summed E-state index contributed by atoms with van der Waals surface area (Å²) in [7, 11) is 0. The second kappa shape index (κ2) is 6.42. The van der Waals surface area contributed by atoms with Gasteiger partial charge in [0.25, 0.3) is 0 Å². The van der Waals surface area contributed by atoms with E-state index in [1.165, 1.54) is 0 Å². The number of hydrogen-bond acceptors (Lipinski definition) is 4. The molecule has 1 saturated carbocycles. The number of aromatic hydroxyl groups is 1. The number of Topliss-reactive ketones (excluding diaryl/α,β-unsaturated/α-hetero) is 3. The first kappa shape index (κ1) is 16.4. The second-order valence-electron chi connectivity index (χ2n) is 6.20. The van der Waals surface area contributed by atoms with Gasteiger partial charge in [-0.15, -0.1) is 0 Å². The molecule has 1 N–H and O–H groups in total. The van der Waals surface area contributed by atoms with Gasteiger partial charge in [0.1, 0.15) is 11.7 Å². The quantitative estimate of drug-likeness (QED) is 0.868. The molecule has 2 rings (SSSR count). The van der Waals surface area contributed by atoms with Gasteiger partial charge < -0.3 is 5.11 Å². The fourth-order valence-electron chi connectivity index (χ4n) is 3.41. The molecular formula is C18H22O4. The maximum atomic E-state index is 12.3. The smallest absolute Gasteiger partial charge is 0.151 e. The molecule has 1 aromatic rings. The molecular weight excluding hydrogens is 280 g/mol. The topological polar surface area (TPSA) is 71.4 Å². The molecule has 1 fully saturated rings. The predicted octanol–water partition coefficient (Wildman–Crippen LogP) is 3.01. The van der Waals surface area contributed by atoms with E-state index in [0.717, 1.165) is 11.1 Å². The molecule has 0 aromatic heterocycles. The summed E-state index contributed by atoms with van der Waals surface area (Å²) in [6.07, 6.45) is 1.19. The average Bonchev–Trinajstić information content (AvgIpc) is 2.36. The van der Waals surface area contributed by atoms with Crippen molar-refractivity contribution in [2.75, 3.05) is 0 Å². The van der Waals surface area contributed by atoms with Crippen LogP contribution in [0.2, 0.25) is 0 Å². The first-order valence-corrected chi connectivity index (χ1v) is 7.73. The van der Waals surface area contributed by atoms with Crippen molar-refractivity contribution in [3.63, 3.8) is 0 Å². The minimum atomic E-state index is -1.08. The van der Waals surface area contributed by atoms with Crippen LogP contribution in [0.4, 0.5) is 0 Å². The Labute approximate surface area is 130 Å². The van der Waals surface area contributed by atoms with Crippen LogP contribution < -0.4 is 0 Å². The lowest BCUT2D eigenvalue weighted by Crippen LogP contribution is -2.38. The summed E-state index contributed by atoms with van der Waals surface area (Å²) in [6.45, 7) is 5.60. The zero-order valence-electron chi connectivity index (χ0n) is 13.3. The Hall–Kier alpha value is -1.97. The summed E-state index contributed by atoms with van der Waals surface area (Å²) in [5.41, 5.74) is 2.47. The maximum absolute atomic E-state index is 12.3. The number of carbonyl (C=O) groups excluding carboxylic acids is 3. The highest BCUT2D eigenvalue weighted by Crippen LogP contribution is 2.39. The van der Waals surface area contributed by atoms with Crippen LogP contribution in [0.25, 0.3) is 0 Å². The minimum absolute atomic E-state index is 0.126. The molecule has 4 nitrogen and oxygen atoms in total. The highest BCUT2D eigenvalue weighted by atomic mass is 16.3. The molecule has 0 bridgehead atoms. The van der Waals surface area contributed by atoms with Crippen LogP contribution in [-0.4, -0.2) is 22.5 Å². The van der Waals surface area contributed by atoms with Crippen LogP contribution in [-0.2, 0) is 14.4 Å². The summed E-state index contributed by atoms with van der Waals surface area (Å²) in [5, 5.41) is 10.2. The lowest BCUT2D eigenvalue weighted by Gasteiger charge is -2.27. The Balaban J connectivity index is 2.27. The number of aryl methyl sites for hydroxylation is 2. The zero-order valence-corrected chi connectivity index (χ0v) is 13.3. The van der Waals surface area contributed by atoms with Crippen molar-refractivity contribution in [3.05, 3.63) is 28.8 Å². The van der Waals surface area contributed by atoms with E-state index >= 15 is 0 Å². The summed E-state index contributed by atoms with van der Waals surface area (Å²) in [5.74, 6) is -2.16. The first-order valence-electron chi connectivity index (χ1n) is 7.73. The Kier molecular flexibility index (Phi) is 4.79. The van der Waals surface area contributed by atoms with E-state index in [2.05, 4.69) is 0 Å². The van der Waals surface area contributed by atoms with E-state index < -0.39 is 5.92 Å². The molecule has 22 heavy (non-hydrogen) atoms. The molecule has 0 amide bonds. The fourth-order valence-corrected chi connectivity index (χ4v) is 3.41. The van der Waals surface area contributed by atoms with Crippen molar-refractivity contribution in [1.29, 1.82) is 0 Å². The Morgan fingerprint density at radius 3 is 2.27 bits per heavy atom. The van der Waals surface area contributed by atoms with E-state index in [1.54, 1.807) is 6.07 Å². The number of carbonyl (C=O) groups is 3. The third-order valence-corrected chi connectivity index (χ3v) is 4.28. The zero-order chi connectivity index (χ0) is 16.4. The van der Waals surface area contributed by atoms with Crippen LogP contribution in [0.1, 0.15) is 55.2 Å². The summed E-state index contributed by atoms with van der Waals surface area (Å²) >= 11 is 0. The van der Waals surface area contributed by atoms with Gasteiger partial charge in [-0.25, -0.2) is 0 Å². The predicted molar refractivity (Wildman–Crippen MR) is 83.0 cm³/mol. The summed E-state index contributed by atoms with van der Waals surface area (Å²) in [6, 6.07) is 3.57. The highest BCUT2D eigenvalue weighted by Gasteiger charge is 2.40. The van der Waals surface area contributed by atoms with Crippen LogP contribution in [0.15, 0.2) is 12.1 Å². The molecule has 1 aromatic carbocycles. The minimum Gasteiger partial charge on any atom is -0.508 e. The van der Waals surface area contributed by atoms with Gasteiger partial charge in [0.2, 0.25) is 0 Å². The maximum Gasteiger partial charge on any atom is 0.151 e. The molecule has 118 valence electrons. The molecule has 0 aliphatic heterocycles. The van der Waals surface area contributed by atoms with E-state index in [0.29, 0.717) is 12.0 Å². The second-order valence-corrected chi connectivity index (χ2v) is 6.20. The molecule has 0 saturated heterocycles. The van der Waals surface area contributed by atoms with Gasteiger partial charge in [0, 0.05) is 30.7 Å². The molecule has 0 heterocycles. The molecule has 1 aliphatic rings. The summed E-state index contributed by atoms with van der Waals surface area (Å²) in [4.78, 5) is 36.5. The number of hydrogen-bond donors (Lipinski definition) is 1. The van der Waals surface area contributed by atoms with Gasteiger partial charge >= 0.3 is 0 Å². The van der Waals surface area contributed by atoms with Gasteiger partial charge in [-0.2, -0.15) is 0 Å². The molecule has 0 atom stereocenters. The summed E-state index contributed by atoms with van der Waals surface area (Å²) < 4.78 is 0. The van der Waals surface area contributed by atoms with Gasteiger partial charge in [0.15, 0.2) is 17.3 Å². The largest absolute Gasteiger partial charge is 0.508 e. The van der Waals surface area contributed by atoms with E-state index in [-0.39, 0.29) is 48.3 Å². The number of phenolic OH excluding ortho intramolecular Hbond substituents is 1. The van der Waals surface area contributed by atoms with Gasteiger partial charge in [-0.1, -0.05) is 13.0 Å². The van der Waals surface area contributed by atoms with E-state index in [9.17, 15) is 19.5 Å². The molecule has 0 spiro atoms. The van der Waals surface area contributed by atoms with Crippen molar-refractivity contribution in [2.24, 2.45) is 5.92 Å². The van der Waals surface area contributed by atoms with Crippen molar-refractivity contribution in [3.8, 4) is 5.75 Å². The lowest BCUT2D eigenvalue weighted by atomic mass is 9.73. The highest BCUT2D eigenvalue weighted by molar-refractivity contribution is 6.21. The van der Waals surface area contributed by atoms with Crippen LogP contribution in [0.3, 0.4) is 0 Å². The molecule has 0 unspecified atom stereocenters. The third-order valence-electron chi connectivity index (χ3n) is 4.28. The number of ketones is 3. The van der Waals surface area contributed by atoms with Gasteiger partial charge in [-0.05, 0) is 37.5 Å². The fraction of sp³-hybridized carbons (Fsp3) is 0.500. The van der Waals surface area contributed by atoms with Gasteiger partial charge in [0.05, 0.1) is 0 Å². The standard InChI is InChI=1S/C18H22O4/c1-4-5-13(19)18-15(21)8-12(9-16(18)22)17-11(3)6-10(2)7-14(17)20/h6-7,12,18,20H,4-5,8-9H2,1-3H3. The monoisotopic (exact) mass is 302 g/mol. The van der Waals surface area contributed by atoms with Gasteiger partial charge in [-0.3, -0.25) is 14.4 Å². The first-order chi connectivity index (χ1) is 10.3. The Bertz CT molecular complexity index is 589. The van der Waals surface area contributed by atoms with Crippen molar-refractivity contribution < 1.29 is 19.5 Å². The normalized spacial score (nSPS) is 22.0. The Morgan fingerprint density at radius 1 is 1.18 bits per heavy atom. The average molecular weight is 302 g/mol. The SMILES string of the molecule is CCCC(=O)C1C(=O)CC(c2c(C)cc(C)cc2O)CC1=O. The molecule has 4 heteroatoms. The van der Waals surface area contributed by atoms with Crippen LogP contribution in [0.5, 0.6) is 5.75 Å². The Morgan fingerprint density at radius 2 is 1.77 bits per heavy atom. The molecule has 1 aliphatic carbocycles. The van der Waals surface area contributed by atoms with Crippen LogP contribution >= 0.6 is 0 Å². The van der Waals surface area contributed by atoms with Crippen molar-refractivity contribution >= 4 is 17.3 Å². The van der Waals surface area contributed by atoms with E-state index in [1.807, 2.05) is 26.8 Å². The number of rotatable bonds is 4. The van der Waals surface area contributed by atoms with E-state index in [4.69, 9.17) is 0 Å². The number of benzene rings is 1.